The van der Waals surface area contributed by atoms with Gasteiger partial charge in [0.1, 0.15) is 6.04 Å². The Bertz CT molecular complexity index is 1200. The van der Waals surface area contributed by atoms with Crippen molar-refractivity contribution in [3.63, 3.8) is 0 Å². The van der Waals surface area contributed by atoms with Crippen LogP contribution in [0.15, 0.2) is 83.9 Å². The smallest absolute Gasteiger partial charge is 0.290 e. The van der Waals surface area contributed by atoms with Gasteiger partial charge < -0.3 is 14.6 Å². The van der Waals surface area contributed by atoms with Crippen LogP contribution in [0.2, 0.25) is 0 Å². The summed E-state index contributed by atoms with van der Waals surface area (Å²) in [6.07, 6.45) is 6.91. The number of nitrogens with one attached hydrogen (secondary N) is 1. The van der Waals surface area contributed by atoms with E-state index in [2.05, 4.69) is 15.4 Å². The number of fused-ring (bicyclic) bond motifs is 1. The van der Waals surface area contributed by atoms with E-state index in [1.807, 2.05) is 30.3 Å². The van der Waals surface area contributed by atoms with E-state index in [1.54, 1.807) is 52.4 Å². The van der Waals surface area contributed by atoms with Crippen molar-refractivity contribution in [2.45, 2.75) is 19.0 Å². The third-order valence-corrected chi connectivity index (χ3v) is 5.30. The van der Waals surface area contributed by atoms with E-state index < -0.39 is 6.04 Å². The number of rotatable bonds is 4. The number of amides is 2. The van der Waals surface area contributed by atoms with Gasteiger partial charge in [-0.05, 0) is 41.5 Å². The molecule has 1 atom stereocenters. The van der Waals surface area contributed by atoms with Gasteiger partial charge in [0.25, 0.3) is 5.91 Å². The van der Waals surface area contributed by atoms with Crippen molar-refractivity contribution in [1.82, 2.24) is 19.7 Å². The van der Waals surface area contributed by atoms with Gasteiger partial charge in [-0.25, -0.2) is 9.67 Å². The highest BCUT2D eigenvalue weighted by Crippen LogP contribution is 2.26. The van der Waals surface area contributed by atoms with Crippen molar-refractivity contribution in [1.29, 1.82) is 0 Å². The van der Waals surface area contributed by atoms with E-state index in [-0.39, 0.29) is 17.6 Å². The van der Waals surface area contributed by atoms with Crippen LogP contribution < -0.4 is 5.32 Å². The molecule has 0 fully saturated rings. The summed E-state index contributed by atoms with van der Waals surface area (Å²) in [5, 5.41) is 7.03. The Morgan fingerprint density at radius 1 is 1.03 bits per heavy atom. The van der Waals surface area contributed by atoms with Gasteiger partial charge in [-0.15, -0.1) is 0 Å². The zero-order valence-electron chi connectivity index (χ0n) is 16.5. The van der Waals surface area contributed by atoms with Crippen LogP contribution >= 0.6 is 0 Å². The number of benzene rings is 1. The Balaban J connectivity index is 1.39. The van der Waals surface area contributed by atoms with Gasteiger partial charge in [0.05, 0.1) is 18.1 Å². The molecule has 154 valence electrons. The van der Waals surface area contributed by atoms with E-state index in [0.29, 0.717) is 24.5 Å². The van der Waals surface area contributed by atoms with Crippen LogP contribution in [0.5, 0.6) is 0 Å². The summed E-state index contributed by atoms with van der Waals surface area (Å²) >= 11 is 0. The summed E-state index contributed by atoms with van der Waals surface area (Å²) in [6.45, 7) is 0.338. The number of furan rings is 1. The van der Waals surface area contributed by atoms with E-state index in [0.717, 1.165) is 11.1 Å². The minimum Gasteiger partial charge on any atom is -0.459 e. The van der Waals surface area contributed by atoms with E-state index in [1.165, 1.54) is 6.26 Å². The molecule has 4 aromatic rings. The van der Waals surface area contributed by atoms with Crippen molar-refractivity contribution in [2.75, 3.05) is 5.32 Å². The number of nitrogens with zero attached hydrogens (tertiary/aromatic N) is 4. The number of carbonyl (C=O) groups excluding carboxylic acids is 2. The van der Waals surface area contributed by atoms with Crippen LogP contribution in [-0.4, -0.2) is 37.5 Å². The van der Waals surface area contributed by atoms with E-state index in [9.17, 15) is 9.59 Å². The van der Waals surface area contributed by atoms with Crippen molar-refractivity contribution in [3.05, 3.63) is 96.3 Å². The molecule has 0 saturated carbocycles. The summed E-state index contributed by atoms with van der Waals surface area (Å²) in [7, 11) is 0. The van der Waals surface area contributed by atoms with Crippen molar-refractivity contribution in [2.24, 2.45) is 0 Å². The standard InChI is InChI=1S/C23H19N5O3/c29-22(26-18-8-9-21(24-14-18)28-11-4-10-25-28)19-13-16-5-1-2-6-17(16)15-27(19)23(30)20-7-3-12-31-20/h1-12,14,19H,13,15H2,(H,26,29). The average Bonchev–Trinajstić information content (AvgIpc) is 3.53. The first kappa shape index (κ1) is 18.8. The fourth-order valence-electron chi connectivity index (χ4n) is 3.74. The number of hydrogen-bond acceptors (Lipinski definition) is 5. The highest BCUT2D eigenvalue weighted by atomic mass is 16.3. The topological polar surface area (TPSA) is 93.3 Å². The van der Waals surface area contributed by atoms with Gasteiger partial charge >= 0.3 is 0 Å². The van der Waals surface area contributed by atoms with Crippen LogP contribution in [0.3, 0.4) is 0 Å². The molecule has 0 aliphatic carbocycles. The molecule has 1 aliphatic heterocycles. The minimum absolute atomic E-state index is 0.211. The number of anilines is 1. The van der Waals surface area contributed by atoms with Gasteiger partial charge in [-0.3, -0.25) is 9.59 Å². The molecule has 2 amide bonds. The number of aromatic nitrogens is 3. The van der Waals surface area contributed by atoms with Gasteiger partial charge in [0, 0.05) is 25.4 Å². The molecule has 8 nitrogen and oxygen atoms in total. The Labute approximate surface area is 178 Å². The summed E-state index contributed by atoms with van der Waals surface area (Å²) in [6, 6.07) is 15.8. The zero-order chi connectivity index (χ0) is 21.2. The van der Waals surface area contributed by atoms with Crippen LogP contribution in [0.4, 0.5) is 5.69 Å². The largest absolute Gasteiger partial charge is 0.459 e. The van der Waals surface area contributed by atoms with Crippen LogP contribution in [0.25, 0.3) is 5.82 Å². The monoisotopic (exact) mass is 413 g/mol. The molecule has 8 heteroatoms. The third kappa shape index (κ3) is 3.71. The normalized spacial score (nSPS) is 15.4. The second-order valence-corrected chi connectivity index (χ2v) is 7.24. The fourth-order valence-corrected chi connectivity index (χ4v) is 3.74. The minimum atomic E-state index is -0.668. The Morgan fingerprint density at radius 2 is 1.90 bits per heavy atom. The first-order valence-electron chi connectivity index (χ1n) is 9.87. The van der Waals surface area contributed by atoms with Gasteiger partial charge in [-0.2, -0.15) is 5.10 Å². The third-order valence-electron chi connectivity index (χ3n) is 5.30. The molecule has 4 heterocycles. The van der Waals surface area contributed by atoms with Crippen LogP contribution in [-0.2, 0) is 17.8 Å². The second kappa shape index (κ2) is 7.91. The molecule has 0 bridgehead atoms. The van der Waals surface area contributed by atoms with Crippen molar-refractivity contribution >= 4 is 17.5 Å². The molecule has 3 aromatic heterocycles. The van der Waals surface area contributed by atoms with Crippen LogP contribution in [0.1, 0.15) is 21.7 Å². The maximum Gasteiger partial charge on any atom is 0.290 e. The molecule has 0 saturated heterocycles. The lowest BCUT2D eigenvalue weighted by atomic mass is 9.93. The Morgan fingerprint density at radius 3 is 2.61 bits per heavy atom. The zero-order valence-corrected chi connectivity index (χ0v) is 16.5. The molecule has 1 aromatic carbocycles. The SMILES string of the molecule is O=C(Nc1ccc(-n2cccn2)nc1)C1Cc2ccccc2CN1C(=O)c1ccco1. The summed E-state index contributed by atoms with van der Waals surface area (Å²) in [4.78, 5) is 32.1. The van der Waals surface area contributed by atoms with E-state index >= 15 is 0 Å². The fraction of sp³-hybridized carbons (Fsp3) is 0.130. The van der Waals surface area contributed by atoms with Crippen LogP contribution in [0, 0.1) is 0 Å². The number of carbonyl (C=O) groups is 2. The molecule has 0 spiro atoms. The molecular weight excluding hydrogens is 394 g/mol. The average molecular weight is 413 g/mol. The lowest BCUT2D eigenvalue weighted by Gasteiger charge is -2.35. The lowest BCUT2D eigenvalue weighted by molar-refractivity contribution is -0.121. The highest BCUT2D eigenvalue weighted by Gasteiger charge is 2.36. The molecule has 1 aliphatic rings. The van der Waals surface area contributed by atoms with E-state index in [4.69, 9.17) is 4.42 Å². The molecule has 0 radical (unpaired) electrons. The molecule has 5 rings (SSSR count). The predicted octanol–water partition coefficient (Wildman–Crippen LogP) is 3.07. The quantitative estimate of drug-likeness (QED) is 0.555. The van der Waals surface area contributed by atoms with Gasteiger partial charge in [0.15, 0.2) is 11.6 Å². The second-order valence-electron chi connectivity index (χ2n) is 7.24. The summed E-state index contributed by atoms with van der Waals surface area (Å²) < 4.78 is 6.92. The number of pyridine rings is 1. The summed E-state index contributed by atoms with van der Waals surface area (Å²) in [5.41, 5.74) is 2.63. The maximum atomic E-state index is 13.2. The van der Waals surface area contributed by atoms with Gasteiger partial charge in [0.2, 0.25) is 5.91 Å². The Kier molecular flexibility index (Phi) is 4.80. The maximum absolute atomic E-state index is 13.2. The number of hydrogen-bond donors (Lipinski definition) is 1. The Hall–Kier alpha value is -4.20. The highest BCUT2D eigenvalue weighted by molar-refractivity contribution is 6.00. The molecule has 1 unspecified atom stereocenters. The molecule has 31 heavy (non-hydrogen) atoms. The van der Waals surface area contributed by atoms with Crippen molar-refractivity contribution < 1.29 is 14.0 Å². The first-order chi connectivity index (χ1) is 15.2. The van der Waals surface area contributed by atoms with Crippen molar-refractivity contribution in [3.8, 4) is 5.82 Å². The van der Waals surface area contributed by atoms with Gasteiger partial charge in [-0.1, -0.05) is 24.3 Å². The predicted molar refractivity (Wildman–Crippen MR) is 113 cm³/mol. The first-order valence-corrected chi connectivity index (χ1v) is 9.87. The molecular formula is C23H19N5O3. The summed E-state index contributed by atoms with van der Waals surface area (Å²) in [5.74, 6) is 0.265. The molecule has 1 N–H and O–H groups in total. The lowest BCUT2D eigenvalue weighted by Crippen LogP contribution is -2.50.